The second kappa shape index (κ2) is 7.37. The highest BCUT2D eigenvalue weighted by atomic mass is 35.5. The Balaban J connectivity index is 2.42. The normalized spacial score (nSPS) is 16.4. The van der Waals surface area contributed by atoms with Gasteiger partial charge in [-0.1, -0.05) is 42.5 Å². The number of carbonyl (C=O) groups is 2. The fourth-order valence-corrected chi connectivity index (χ4v) is 3.42. The van der Waals surface area contributed by atoms with Gasteiger partial charge in [0.1, 0.15) is 0 Å². The third kappa shape index (κ3) is 3.88. The molecule has 23 heavy (non-hydrogen) atoms. The molecule has 1 fully saturated rings. The van der Waals surface area contributed by atoms with Crippen molar-refractivity contribution in [1.29, 1.82) is 0 Å². The van der Waals surface area contributed by atoms with E-state index in [1.807, 2.05) is 0 Å². The van der Waals surface area contributed by atoms with Crippen molar-refractivity contribution < 1.29 is 14.7 Å². The van der Waals surface area contributed by atoms with Crippen LogP contribution < -0.4 is 5.73 Å². The van der Waals surface area contributed by atoms with Crippen LogP contribution in [-0.2, 0) is 0 Å². The Hall–Kier alpha value is -1.52. The second-order valence-electron chi connectivity index (χ2n) is 5.85. The van der Waals surface area contributed by atoms with Crippen molar-refractivity contribution in [2.45, 2.75) is 39.0 Å². The molecule has 0 aliphatic heterocycles. The third-order valence-electron chi connectivity index (χ3n) is 4.31. The largest absolute Gasteiger partial charge is 0.478 e. The van der Waals surface area contributed by atoms with E-state index in [4.69, 9.17) is 28.9 Å². The van der Waals surface area contributed by atoms with Crippen LogP contribution in [0.15, 0.2) is 17.2 Å². The number of anilines is 1. The quantitative estimate of drug-likeness (QED) is 0.461. The molecule has 0 bridgehead atoms. The number of hydrogen-bond donors (Lipinski definition) is 2. The van der Waals surface area contributed by atoms with Crippen LogP contribution >= 0.6 is 23.2 Å². The summed E-state index contributed by atoms with van der Waals surface area (Å²) < 4.78 is 0. The highest BCUT2D eigenvalue weighted by molar-refractivity contribution is 6.34. The SMILES string of the molecule is Cc1c(Cl)cc(C(=O)O)c(C(=O)/C=C(/Cl)C2CCCCC2)c1N. The lowest BCUT2D eigenvalue weighted by molar-refractivity contribution is 0.0693. The molecule has 6 heteroatoms. The molecule has 1 aliphatic rings. The Bertz CT molecular complexity index is 677. The summed E-state index contributed by atoms with van der Waals surface area (Å²) in [6, 6.07) is 1.26. The number of benzene rings is 1. The molecule has 0 heterocycles. The molecule has 0 spiro atoms. The maximum absolute atomic E-state index is 12.6. The van der Waals surface area contributed by atoms with Gasteiger partial charge in [-0.2, -0.15) is 0 Å². The molecule has 2 rings (SSSR count). The first-order valence-electron chi connectivity index (χ1n) is 7.56. The number of nitrogens with two attached hydrogens (primary N) is 1. The van der Waals surface area contributed by atoms with Crippen molar-refractivity contribution in [3.05, 3.63) is 38.9 Å². The summed E-state index contributed by atoms with van der Waals surface area (Å²) in [6.07, 6.45) is 6.56. The lowest BCUT2D eigenvalue weighted by Gasteiger charge is -2.21. The third-order valence-corrected chi connectivity index (χ3v) is 5.12. The minimum absolute atomic E-state index is 0.0478. The summed E-state index contributed by atoms with van der Waals surface area (Å²) in [7, 11) is 0. The average Bonchev–Trinajstić information content (AvgIpc) is 2.52. The Morgan fingerprint density at radius 3 is 2.48 bits per heavy atom. The van der Waals surface area contributed by atoms with Crippen molar-refractivity contribution >= 4 is 40.6 Å². The summed E-state index contributed by atoms with van der Waals surface area (Å²) in [5.41, 5.74) is 6.26. The van der Waals surface area contributed by atoms with Crippen molar-refractivity contribution in [3.8, 4) is 0 Å². The number of carboxylic acid groups (broad SMARTS) is 1. The van der Waals surface area contributed by atoms with Crippen LogP contribution in [0.25, 0.3) is 0 Å². The van der Waals surface area contributed by atoms with E-state index in [1.54, 1.807) is 6.92 Å². The molecule has 124 valence electrons. The minimum Gasteiger partial charge on any atom is -0.478 e. The van der Waals surface area contributed by atoms with Crippen LogP contribution in [0.4, 0.5) is 5.69 Å². The smallest absolute Gasteiger partial charge is 0.336 e. The summed E-state index contributed by atoms with van der Waals surface area (Å²) in [5, 5.41) is 10.0. The maximum atomic E-state index is 12.6. The van der Waals surface area contributed by atoms with Gasteiger partial charge in [-0.05, 0) is 37.3 Å². The molecular weight excluding hydrogens is 337 g/mol. The van der Waals surface area contributed by atoms with Crippen LogP contribution in [0.3, 0.4) is 0 Å². The predicted molar refractivity (Wildman–Crippen MR) is 92.4 cm³/mol. The monoisotopic (exact) mass is 355 g/mol. The van der Waals surface area contributed by atoms with E-state index in [-0.39, 0.29) is 27.8 Å². The Morgan fingerprint density at radius 2 is 1.91 bits per heavy atom. The molecule has 0 saturated heterocycles. The van der Waals surface area contributed by atoms with Gasteiger partial charge in [0.2, 0.25) is 0 Å². The first-order chi connectivity index (χ1) is 10.8. The number of rotatable bonds is 4. The van der Waals surface area contributed by atoms with Gasteiger partial charge in [0, 0.05) is 21.8 Å². The number of carboxylic acids is 1. The van der Waals surface area contributed by atoms with Crippen molar-refractivity contribution in [2.75, 3.05) is 5.73 Å². The molecule has 1 aliphatic carbocycles. The number of carbonyl (C=O) groups excluding carboxylic acids is 1. The van der Waals surface area contributed by atoms with Crippen LogP contribution in [0.2, 0.25) is 5.02 Å². The van der Waals surface area contributed by atoms with Gasteiger partial charge < -0.3 is 10.8 Å². The van der Waals surface area contributed by atoms with Gasteiger partial charge in [0.15, 0.2) is 5.78 Å². The number of hydrogen-bond acceptors (Lipinski definition) is 3. The molecule has 4 nitrogen and oxygen atoms in total. The van der Waals surface area contributed by atoms with Crippen LogP contribution in [0.1, 0.15) is 58.4 Å². The van der Waals surface area contributed by atoms with Gasteiger partial charge >= 0.3 is 5.97 Å². The lowest BCUT2D eigenvalue weighted by Crippen LogP contribution is -2.13. The molecule has 0 atom stereocenters. The highest BCUT2D eigenvalue weighted by Crippen LogP contribution is 2.33. The van der Waals surface area contributed by atoms with Crippen LogP contribution in [-0.4, -0.2) is 16.9 Å². The number of ketones is 1. The first-order valence-corrected chi connectivity index (χ1v) is 8.31. The molecule has 0 unspecified atom stereocenters. The van der Waals surface area contributed by atoms with Crippen LogP contribution in [0, 0.1) is 12.8 Å². The number of aromatic carboxylic acids is 1. The summed E-state index contributed by atoms with van der Waals surface area (Å²) >= 11 is 12.3. The van der Waals surface area contributed by atoms with Crippen LogP contribution in [0.5, 0.6) is 0 Å². The number of halogens is 2. The molecule has 1 saturated carbocycles. The molecule has 0 radical (unpaired) electrons. The van der Waals surface area contributed by atoms with Gasteiger partial charge in [0.25, 0.3) is 0 Å². The van der Waals surface area contributed by atoms with Gasteiger partial charge in [-0.25, -0.2) is 4.79 Å². The topological polar surface area (TPSA) is 80.4 Å². The molecule has 1 aromatic rings. The Morgan fingerprint density at radius 1 is 1.30 bits per heavy atom. The molecule has 0 aromatic heterocycles. The lowest BCUT2D eigenvalue weighted by atomic mass is 9.88. The summed E-state index contributed by atoms with van der Waals surface area (Å²) in [6.45, 7) is 1.65. The van der Waals surface area contributed by atoms with E-state index in [1.165, 1.54) is 18.6 Å². The standard InChI is InChI=1S/C17H19Cl2NO3/c1-9-12(18)7-11(17(22)23)15(16(9)20)14(21)8-13(19)10-5-3-2-4-6-10/h7-8,10H,2-6,20H2,1H3,(H,22,23)/b13-8+. The van der Waals surface area contributed by atoms with E-state index in [9.17, 15) is 14.7 Å². The van der Waals surface area contributed by atoms with E-state index >= 15 is 0 Å². The highest BCUT2D eigenvalue weighted by Gasteiger charge is 2.24. The van der Waals surface area contributed by atoms with E-state index < -0.39 is 11.8 Å². The fraction of sp³-hybridized carbons (Fsp3) is 0.412. The number of nitrogen functional groups attached to an aromatic ring is 1. The van der Waals surface area contributed by atoms with Gasteiger partial charge in [0.05, 0.1) is 11.1 Å². The van der Waals surface area contributed by atoms with Gasteiger partial charge in [-0.15, -0.1) is 0 Å². The zero-order valence-electron chi connectivity index (χ0n) is 12.9. The van der Waals surface area contributed by atoms with Gasteiger partial charge in [-0.3, -0.25) is 4.79 Å². The fourth-order valence-electron chi connectivity index (χ4n) is 2.90. The molecule has 1 aromatic carbocycles. The van der Waals surface area contributed by atoms with Crippen molar-refractivity contribution in [2.24, 2.45) is 5.92 Å². The Kier molecular flexibility index (Phi) is 5.71. The first kappa shape index (κ1) is 17.8. The molecular formula is C17H19Cl2NO3. The molecule has 3 N–H and O–H groups in total. The van der Waals surface area contributed by atoms with Crippen molar-refractivity contribution in [3.63, 3.8) is 0 Å². The van der Waals surface area contributed by atoms with E-state index in [0.717, 1.165) is 25.7 Å². The Labute approximate surface area is 145 Å². The van der Waals surface area contributed by atoms with E-state index in [0.29, 0.717) is 10.6 Å². The predicted octanol–water partition coefficient (Wildman–Crippen LogP) is 4.81. The number of allylic oxidation sites excluding steroid dienone is 2. The zero-order valence-corrected chi connectivity index (χ0v) is 14.4. The average molecular weight is 356 g/mol. The van der Waals surface area contributed by atoms with E-state index in [2.05, 4.69) is 0 Å². The summed E-state index contributed by atoms with van der Waals surface area (Å²) in [5.74, 6) is -1.57. The van der Waals surface area contributed by atoms with Crippen molar-refractivity contribution in [1.82, 2.24) is 0 Å². The maximum Gasteiger partial charge on any atom is 0.336 e. The minimum atomic E-state index is -1.25. The zero-order chi connectivity index (χ0) is 17.1. The molecule has 0 amide bonds. The summed E-state index contributed by atoms with van der Waals surface area (Å²) in [4.78, 5) is 24.0. The second-order valence-corrected chi connectivity index (χ2v) is 6.70.